The van der Waals surface area contributed by atoms with Gasteiger partial charge in [0, 0.05) is 18.4 Å². The molecule has 0 amide bonds. The van der Waals surface area contributed by atoms with E-state index < -0.39 is 11.6 Å². The van der Waals surface area contributed by atoms with E-state index in [-0.39, 0.29) is 29.7 Å². The van der Waals surface area contributed by atoms with Gasteiger partial charge in [-0.3, -0.25) is 4.79 Å². The van der Waals surface area contributed by atoms with Crippen molar-refractivity contribution in [3.63, 3.8) is 0 Å². The number of carbonyl (C=O) groups is 1. The summed E-state index contributed by atoms with van der Waals surface area (Å²) in [5.74, 6) is -1.34. The average molecular weight is 253 g/mol. The van der Waals surface area contributed by atoms with E-state index in [1.54, 1.807) is 0 Å². The van der Waals surface area contributed by atoms with E-state index in [4.69, 9.17) is 5.73 Å². The van der Waals surface area contributed by atoms with Crippen LogP contribution in [0.4, 0.5) is 8.78 Å². The maximum Gasteiger partial charge on any atom is 0.141 e. The Hall–Kier alpha value is -1.29. The Bertz CT molecular complexity index is 447. The highest BCUT2D eigenvalue weighted by Crippen LogP contribution is 2.25. The van der Waals surface area contributed by atoms with Gasteiger partial charge in [0.2, 0.25) is 0 Å². The van der Waals surface area contributed by atoms with Crippen molar-refractivity contribution in [1.82, 2.24) is 0 Å². The largest absolute Gasteiger partial charge is 0.327 e. The second-order valence-corrected chi connectivity index (χ2v) is 4.93. The number of nitrogens with two attached hydrogens (primary N) is 1. The molecular formula is C14H17F2NO. The zero-order chi connectivity index (χ0) is 13.1. The fraction of sp³-hybridized carbons (Fsp3) is 0.500. The van der Waals surface area contributed by atoms with Crippen molar-refractivity contribution in [2.24, 2.45) is 11.7 Å². The summed E-state index contributed by atoms with van der Waals surface area (Å²) in [4.78, 5) is 12.1. The highest BCUT2D eigenvalue weighted by molar-refractivity contribution is 5.84. The molecule has 1 saturated carbocycles. The number of hydrogen-bond donors (Lipinski definition) is 1. The van der Waals surface area contributed by atoms with Crippen molar-refractivity contribution in [2.45, 2.75) is 38.1 Å². The van der Waals surface area contributed by atoms with Crippen LogP contribution >= 0.6 is 0 Å². The van der Waals surface area contributed by atoms with Gasteiger partial charge in [0.05, 0.1) is 0 Å². The van der Waals surface area contributed by atoms with Crippen LogP contribution in [0.1, 0.15) is 31.2 Å². The minimum Gasteiger partial charge on any atom is -0.327 e. The Morgan fingerprint density at radius 3 is 2.72 bits per heavy atom. The van der Waals surface area contributed by atoms with Gasteiger partial charge in [0.15, 0.2) is 0 Å². The molecule has 0 aromatic heterocycles. The fourth-order valence-corrected chi connectivity index (χ4v) is 2.56. The lowest BCUT2D eigenvalue weighted by Crippen LogP contribution is -2.38. The maximum absolute atomic E-state index is 13.4. The molecule has 98 valence electrons. The van der Waals surface area contributed by atoms with Crippen LogP contribution in [0.5, 0.6) is 0 Å². The first-order valence-electron chi connectivity index (χ1n) is 6.30. The molecule has 0 aliphatic heterocycles. The number of carbonyl (C=O) groups excluding carboxylic acids is 1. The molecule has 0 radical (unpaired) electrons. The Labute approximate surface area is 105 Å². The van der Waals surface area contributed by atoms with Crippen molar-refractivity contribution < 1.29 is 13.6 Å². The van der Waals surface area contributed by atoms with Gasteiger partial charge >= 0.3 is 0 Å². The summed E-state index contributed by atoms with van der Waals surface area (Å²) >= 11 is 0. The van der Waals surface area contributed by atoms with E-state index in [0.717, 1.165) is 43.9 Å². The van der Waals surface area contributed by atoms with Crippen molar-refractivity contribution in [3.05, 3.63) is 35.4 Å². The summed E-state index contributed by atoms with van der Waals surface area (Å²) in [6, 6.07) is 3.05. The molecule has 1 aromatic rings. The summed E-state index contributed by atoms with van der Waals surface area (Å²) in [6.07, 6.45) is 3.55. The quantitative estimate of drug-likeness (QED) is 0.899. The summed E-state index contributed by atoms with van der Waals surface area (Å²) < 4.78 is 26.5. The molecule has 2 rings (SSSR count). The van der Waals surface area contributed by atoms with Crippen molar-refractivity contribution in [3.8, 4) is 0 Å². The van der Waals surface area contributed by atoms with Crippen LogP contribution in [-0.4, -0.2) is 11.8 Å². The standard InChI is InChI=1S/C14H17F2NO/c15-10-5-6-12(16)9(7-10)8-14(18)11-3-1-2-4-13(11)17/h5-7,11,13H,1-4,8,17H2. The normalized spacial score (nSPS) is 23.9. The van der Waals surface area contributed by atoms with Gasteiger partial charge in [0.1, 0.15) is 17.4 Å². The Morgan fingerprint density at radius 1 is 1.28 bits per heavy atom. The lowest BCUT2D eigenvalue weighted by Gasteiger charge is -2.27. The number of hydrogen-bond acceptors (Lipinski definition) is 2. The molecule has 4 heteroatoms. The van der Waals surface area contributed by atoms with Gasteiger partial charge in [-0.25, -0.2) is 8.78 Å². The number of halogens is 2. The smallest absolute Gasteiger partial charge is 0.141 e. The molecule has 2 nitrogen and oxygen atoms in total. The molecule has 0 heterocycles. The van der Waals surface area contributed by atoms with Gasteiger partial charge in [0.25, 0.3) is 0 Å². The van der Waals surface area contributed by atoms with Crippen LogP contribution in [0, 0.1) is 17.6 Å². The van der Waals surface area contributed by atoms with Crippen LogP contribution < -0.4 is 5.73 Å². The van der Waals surface area contributed by atoms with Crippen LogP contribution in [-0.2, 0) is 11.2 Å². The Balaban J connectivity index is 2.08. The summed E-state index contributed by atoms with van der Waals surface area (Å²) in [6.45, 7) is 0. The second kappa shape index (κ2) is 5.57. The Morgan fingerprint density at radius 2 is 2.00 bits per heavy atom. The third-order valence-corrected chi connectivity index (χ3v) is 3.61. The number of Topliss-reactive ketones (excluding diaryl/α,β-unsaturated/α-hetero) is 1. The van der Waals surface area contributed by atoms with Crippen LogP contribution in [0.3, 0.4) is 0 Å². The maximum atomic E-state index is 13.4. The van der Waals surface area contributed by atoms with Crippen molar-refractivity contribution in [1.29, 1.82) is 0 Å². The van der Waals surface area contributed by atoms with Gasteiger partial charge < -0.3 is 5.73 Å². The predicted molar refractivity (Wildman–Crippen MR) is 65.0 cm³/mol. The number of rotatable bonds is 3. The second-order valence-electron chi connectivity index (χ2n) is 4.93. The van der Waals surface area contributed by atoms with E-state index in [1.165, 1.54) is 0 Å². The van der Waals surface area contributed by atoms with Gasteiger partial charge in [-0.05, 0) is 36.6 Å². The highest BCUT2D eigenvalue weighted by atomic mass is 19.1. The molecule has 0 spiro atoms. The summed E-state index contributed by atoms with van der Waals surface area (Å²) in [5.41, 5.74) is 6.04. The third kappa shape index (κ3) is 2.93. The summed E-state index contributed by atoms with van der Waals surface area (Å²) in [7, 11) is 0. The zero-order valence-corrected chi connectivity index (χ0v) is 10.2. The molecule has 1 aliphatic rings. The molecule has 18 heavy (non-hydrogen) atoms. The Kier molecular flexibility index (Phi) is 4.07. The summed E-state index contributed by atoms with van der Waals surface area (Å²) in [5, 5.41) is 0. The SMILES string of the molecule is NC1CCCCC1C(=O)Cc1cc(F)ccc1F. The molecular weight excluding hydrogens is 236 g/mol. The van der Waals surface area contributed by atoms with Crippen molar-refractivity contribution in [2.75, 3.05) is 0 Å². The first kappa shape index (κ1) is 13.1. The minimum absolute atomic E-state index is 0.0675. The minimum atomic E-state index is -0.533. The fourth-order valence-electron chi connectivity index (χ4n) is 2.56. The zero-order valence-electron chi connectivity index (χ0n) is 10.2. The number of benzene rings is 1. The molecule has 2 unspecified atom stereocenters. The molecule has 1 aliphatic carbocycles. The lowest BCUT2D eigenvalue weighted by atomic mass is 9.80. The molecule has 2 N–H and O–H groups in total. The third-order valence-electron chi connectivity index (χ3n) is 3.61. The topological polar surface area (TPSA) is 43.1 Å². The molecule has 1 aromatic carbocycles. The lowest BCUT2D eigenvalue weighted by molar-refractivity contribution is -0.123. The highest BCUT2D eigenvalue weighted by Gasteiger charge is 2.28. The van der Waals surface area contributed by atoms with E-state index in [9.17, 15) is 13.6 Å². The van der Waals surface area contributed by atoms with Crippen LogP contribution in [0.2, 0.25) is 0 Å². The van der Waals surface area contributed by atoms with E-state index in [1.807, 2.05) is 0 Å². The molecule has 0 bridgehead atoms. The first-order valence-corrected chi connectivity index (χ1v) is 6.30. The van der Waals surface area contributed by atoms with Gasteiger partial charge in [-0.1, -0.05) is 12.8 Å². The predicted octanol–water partition coefficient (Wildman–Crippen LogP) is 2.59. The molecule has 0 saturated heterocycles. The van der Waals surface area contributed by atoms with E-state index in [2.05, 4.69) is 0 Å². The van der Waals surface area contributed by atoms with Gasteiger partial charge in [-0.2, -0.15) is 0 Å². The van der Waals surface area contributed by atoms with Crippen LogP contribution in [0.25, 0.3) is 0 Å². The average Bonchev–Trinajstić information content (AvgIpc) is 2.34. The molecule has 2 atom stereocenters. The first-order chi connectivity index (χ1) is 8.58. The van der Waals surface area contributed by atoms with Crippen LogP contribution in [0.15, 0.2) is 18.2 Å². The van der Waals surface area contributed by atoms with Crippen molar-refractivity contribution >= 4 is 5.78 Å². The van der Waals surface area contributed by atoms with E-state index in [0.29, 0.717) is 0 Å². The number of ketones is 1. The van der Waals surface area contributed by atoms with Gasteiger partial charge in [-0.15, -0.1) is 0 Å². The van der Waals surface area contributed by atoms with E-state index >= 15 is 0 Å². The molecule has 1 fully saturated rings. The monoisotopic (exact) mass is 253 g/mol.